The SMILES string of the molecule is CCC(C(=O)N(Cc1cccn1Cc1ccccc1C)C1CCCCC1)c1ccccc1. The Morgan fingerprint density at radius 2 is 1.69 bits per heavy atom. The molecule has 0 bridgehead atoms. The lowest BCUT2D eigenvalue weighted by atomic mass is 9.90. The highest BCUT2D eigenvalue weighted by Crippen LogP contribution is 2.30. The summed E-state index contributed by atoms with van der Waals surface area (Å²) in [5, 5.41) is 0. The van der Waals surface area contributed by atoms with Crippen LogP contribution < -0.4 is 0 Å². The molecule has 0 spiro atoms. The first kappa shape index (κ1) is 22.4. The topological polar surface area (TPSA) is 25.2 Å². The van der Waals surface area contributed by atoms with Gasteiger partial charge in [-0.25, -0.2) is 0 Å². The van der Waals surface area contributed by atoms with Crippen LogP contribution in [-0.4, -0.2) is 21.4 Å². The van der Waals surface area contributed by atoms with Gasteiger partial charge < -0.3 is 9.47 Å². The van der Waals surface area contributed by atoms with Gasteiger partial charge in [0, 0.05) is 24.5 Å². The lowest BCUT2D eigenvalue weighted by molar-refractivity contribution is -0.136. The molecule has 3 nitrogen and oxygen atoms in total. The van der Waals surface area contributed by atoms with E-state index < -0.39 is 0 Å². The van der Waals surface area contributed by atoms with E-state index in [-0.39, 0.29) is 11.8 Å². The Morgan fingerprint density at radius 3 is 2.41 bits per heavy atom. The molecule has 0 saturated heterocycles. The highest BCUT2D eigenvalue weighted by Gasteiger charge is 2.31. The molecule has 168 valence electrons. The molecule has 1 heterocycles. The van der Waals surface area contributed by atoms with Crippen molar-refractivity contribution in [2.45, 2.75) is 77.4 Å². The van der Waals surface area contributed by atoms with Crippen molar-refractivity contribution in [3.8, 4) is 0 Å². The molecule has 1 fully saturated rings. The van der Waals surface area contributed by atoms with E-state index in [1.165, 1.54) is 36.1 Å². The van der Waals surface area contributed by atoms with Crippen molar-refractivity contribution < 1.29 is 4.79 Å². The zero-order chi connectivity index (χ0) is 22.3. The van der Waals surface area contributed by atoms with Crippen molar-refractivity contribution in [3.63, 3.8) is 0 Å². The van der Waals surface area contributed by atoms with Gasteiger partial charge in [-0.2, -0.15) is 0 Å². The monoisotopic (exact) mass is 428 g/mol. The molecule has 0 N–H and O–H groups in total. The number of aryl methyl sites for hydroxylation is 1. The largest absolute Gasteiger partial charge is 0.345 e. The van der Waals surface area contributed by atoms with Crippen molar-refractivity contribution in [2.75, 3.05) is 0 Å². The summed E-state index contributed by atoms with van der Waals surface area (Å²) < 4.78 is 2.31. The Morgan fingerprint density at radius 1 is 0.969 bits per heavy atom. The number of aromatic nitrogens is 1. The summed E-state index contributed by atoms with van der Waals surface area (Å²) >= 11 is 0. The molecular weight excluding hydrogens is 392 g/mol. The molecule has 0 radical (unpaired) electrons. The Kier molecular flexibility index (Phi) is 7.47. The quantitative estimate of drug-likeness (QED) is 0.392. The van der Waals surface area contributed by atoms with Crippen molar-refractivity contribution in [1.82, 2.24) is 9.47 Å². The summed E-state index contributed by atoms with van der Waals surface area (Å²) in [6, 6.07) is 23.5. The van der Waals surface area contributed by atoms with Gasteiger partial charge in [-0.15, -0.1) is 0 Å². The third-order valence-electron chi connectivity index (χ3n) is 7.06. The van der Waals surface area contributed by atoms with Crippen molar-refractivity contribution >= 4 is 5.91 Å². The molecule has 1 saturated carbocycles. The fourth-order valence-electron chi connectivity index (χ4n) is 5.11. The third-order valence-corrected chi connectivity index (χ3v) is 7.06. The van der Waals surface area contributed by atoms with Crippen LogP contribution in [0.2, 0.25) is 0 Å². The molecule has 2 aromatic carbocycles. The number of nitrogens with zero attached hydrogens (tertiary/aromatic N) is 2. The zero-order valence-electron chi connectivity index (χ0n) is 19.5. The number of hydrogen-bond donors (Lipinski definition) is 0. The standard InChI is InChI=1S/C29H36N2O/c1-3-28(24-14-6-4-7-15-24)29(32)31(26-17-8-5-9-18-26)22-27-19-12-20-30(27)21-25-16-11-10-13-23(25)2/h4,6-7,10-16,19-20,26,28H,3,5,8-9,17-18,21-22H2,1-2H3. The Labute approximate surface area is 193 Å². The first-order chi connectivity index (χ1) is 15.7. The normalized spacial score (nSPS) is 15.4. The maximum atomic E-state index is 13.9. The second-order valence-electron chi connectivity index (χ2n) is 9.18. The Hall–Kier alpha value is -2.81. The Bertz CT molecular complexity index is 1000. The van der Waals surface area contributed by atoms with Gasteiger partial charge in [-0.3, -0.25) is 4.79 Å². The maximum Gasteiger partial charge on any atom is 0.230 e. The van der Waals surface area contributed by atoms with E-state index in [0.717, 1.165) is 31.4 Å². The molecule has 3 heteroatoms. The molecule has 1 unspecified atom stereocenters. The smallest absolute Gasteiger partial charge is 0.230 e. The summed E-state index contributed by atoms with van der Waals surface area (Å²) in [4.78, 5) is 16.2. The molecular formula is C29H36N2O. The molecule has 1 atom stereocenters. The van der Waals surface area contributed by atoms with E-state index in [1.54, 1.807) is 0 Å². The number of carbonyl (C=O) groups excluding carboxylic acids is 1. The van der Waals surface area contributed by atoms with Gasteiger partial charge in [0.1, 0.15) is 0 Å². The van der Waals surface area contributed by atoms with Crippen LogP contribution in [0.25, 0.3) is 0 Å². The van der Waals surface area contributed by atoms with Crippen LogP contribution in [0.5, 0.6) is 0 Å². The third kappa shape index (κ3) is 5.15. The molecule has 1 aliphatic rings. The van der Waals surface area contributed by atoms with Gasteiger partial charge in [0.25, 0.3) is 0 Å². The van der Waals surface area contributed by atoms with Crippen LogP contribution in [-0.2, 0) is 17.9 Å². The number of hydrogen-bond acceptors (Lipinski definition) is 1. The molecule has 3 aromatic rings. The predicted octanol–water partition coefficient (Wildman–Crippen LogP) is 6.70. The number of carbonyl (C=O) groups is 1. The average molecular weight is 429 g/mol. The minimum Gasteiger partial charge on any atom is -0.345 e. The summed E-state index contributed by atoms with van der Waals surface area (Å²) in [5.74, 6) is 0.215. The van der Waals surface area contributed by atoms with E-state index in [0.29, 0.717) is 12.6 Å². The van der Waals surface area contributed by atoms with Gasteiger partial charge in [0.15, 0.2) is 0 Å². The van der Waals surface area contributed by atoms with Gasteiger partial charge in [0.2, 0.25) is 5.91 Å². The van der Waals surface area contributed by atoms with Crippen LogP contribution in [0.15, 0.2) is 72.9 Å². The highest BCUT2D eigenvalue weighted by atomic mass is 16.2. The highest BCUT2D eigenvalue weighted by molar-refractivity contribution is 5.84. The predicted molar refractivity (Wildman–Crippen MR) is 132 cm³/mol. The van der Waals surface area contributed by atoms with Crippen molar-refractivity contribution in [3.05, 3.63) is 95.3 Å². The van der Waals surface area contributed by atoms with E-state index in [9.17, 15) is 4.79 Å². The van der Waals surface area contributed by atoms with Crippen LogP contribution in [0.1, 0.15) is 73.8 Å². The minimum absolute atomic E-state index is 0.0714. The fourth-order valence-corrected chi connectivity index (χ4v) is 5.11. The maximum absolute atomic E-state index is 13.9. The lowest BCUT2D eigenvalue weighted by Crippen LogP contribution is -2.43. The van der Waals surface area contributed by atoms with E-state index in [2.05, 4.69) is 78.0 Å². The van der Waals surface area contributed by atoms with Gasteiger partial charge >= 0.3 is 0 Å². The minimum atomic E-state index is -0.0714. The first-order valence-electron chi connectivity index (χ1n) is 12.2. The van der Waals surface area contributed by atoms with Crippen LogP contribution in [0.3, 0.4) is 0 Å². The van der Waals surface area contributed by atoms with Crippen molar-refractivity contribution in [1.29, 1.82) is 0 Å². The van der Waals surface area contributed by atoms with Gasteiger partial charge in [-0.05, 0) is 55.0 Å². The summed E-state index contributed by atoms with van der Waals surface area (Å²) in [6.07, 6.45) is 8.96. The van der Waals surface area contributed by atoms with E-state index in [4.69, 9.17) is 0 Å². The molecule has 0 aliphatic heterocycles. The molecule has 1 amide bonds. The van der Waals surface area contributed by atoms with Crippen LogP contribution in [0, 0.1) is 6.92 Å². The fraction of sp³-hybridized carbons (Fsp3) is 0.414. The van der Waals surface area contributed by atoms with Crippen LogP contribution >= 0.6 is 0 Å². The van der Waals surface area contributed by atoms with Gasteiger partial charge in [0.05, 0.1) is 12.5 Å². The molecule has 1 aromatic heterocycles. The van der Waals surface area contributed by atoms with E-state index >= 15 is 0 Å². The molecule has 1 aliphatic carbocycles. The molecule has 4 rings (SSSR count). The van der Waals surface area contributed by atoms with Crippen LogP contribution in [0.4, 0.5) is 0 Å². The second-order valence-corrected chi connectivity index (χ2v) is 9.18. The zero-order valence-corrected chi connectivity index (χ0v) is 19.5. The lowest BCUT2D eigenvalue weighted by Gasteiger charge is -2.37. The number of rotatable bonds is 8. The summed E-state index contributed by atoms with van der Waals surface area (Å²) in [5.41, 5.74) is 4.99. The van der Waals surface area contributed by atoms with E-state index in [1.807, 2.05) is 18.2 Å². The van der Waals surface area contributed by atoms with Gasteiger partial charge in [-0.1, -0.05) is 80.8 Å². The Balaban J connectivity index is 1.60. The number of benzene rings is 2. The summed E-state index contributed by atoms with van der Waals surface area (Å²) in [7, 11) is 0. The first-order valence-corrected chi connectivity index (χ1v) is 12.2. The average Bonchev–Trinajstić information content (AvgIpc) is 3.27. The molecule has 32 heavy (non-hydrogen) atoms. The number of amides is 1. The van der Waals surface area contributed by atoms with Crippen molar-refractivity contribution in [2.24, 2.45) is 0 Å². The second kappa shape index (κ2) is 10.7. The summed E-state index contributed by atoms with van der Waals surface area (Å²) in [6.45, 7) is 5.83.